The molecule has 0 aliphatic heterocycles. The lowest BCUT2D eigenvalue weighted by Crippen LogP contribution is -2.09. The summed E-state index contributed by atoms with van der Waals surface area (Å²) in [5, 5.41) is 8.87. The van der Waals surface area contributed by atoms with Crippen LogP contribution in [0.1, 0.15) is 11.1 Å². The lowest BCUT2D eigenvalue weighted by Gasteiger charge is -2.26. The Hall–Kier alpha value is -7.30. The average Bonchev–Trinajstić information content (AvgIpc) is 3.77. The maximum atomic E-state index is 6.63. The maximum absolute atomic E-state index is 6.63. The second-order valence-electron chi connectivity index (χ2n) is 14.8. The van der Waals surface area contributed by atoms with Crippen LogP contribution in [0.25, 0.3) is 65.4 Å². The van der Waals surface area contributed by atoms with Gasteiger partial charge in [0, 0.05) is 55.7 Å². The van der Waals surface area contributed by atoms with Crippen LogP contribution in [0, 0.1) is 13.8 Å². The van der Waals surface area contributed by atoms with E-state index in [1.807, 2.05) is 12.1 Å². The van der Waals surface area contributed by atoms with Gasteiger partial charge in [-0.2, -0.15) is 0 Å². The molecule has 0 aliphatic rings. The van der Waals surface area contributed by atoms with Gasteiger partial charge in [-0.15, -0.1) is 0 Å². The van der Waals surface area contributed by atoms with Crippen molar-refractivity contribution in [3.8, 4) is 0 Å². The van der Waals surface area contributed by atoms with Crippen molar-refractivity contribution in [2.75, 3.05) is 9.80 Å². The molecular formula is C52H36N2O2. The normalized spacial score (nSPS) is 11.8. The topological polar surface area (TPSA) is 32.8 Å². The molecule has 4 heteroatoms. The summed E-state index contributed by atoms with van der Waals surface area (Å²) < 4.78 is 13.3. The fourth-order valence-corrected chi connectivity index (χ4v) is 8.46. The van der Waals surface area contributed by atoms with Gasteiger partial charge in [-0.05, 0) is 156 Å². The van der Waals surface area contributed by atoms with Crippen molar-refractivity contribution < 1.29 is 8.83 Å². The monoisotopic (exact) mass is 720 g/mol. The number of furan rings is 2. The van der Waals surface area contributed by atoms with Gasteiger partial charge in [0.15, 0.2) is 0 Å². The van der Waals surface area contributed by atoms with Crippen molar-refractivity contribution in [3.05, 3.63) is 193 Å². The lowest BCUT2D eigenvalue weighted by atomic mass is 10.0. The smallest absolute Gasteiger partial charge is 0.136 e. The summed E-state index contributed by atoms with van der Waals surface area (Å²) in [7, 11) is 0. The minimum atomic E-state index is 0.850. The standard InChI is InChI=1S/C52H36N2O2/c1-33-11-9-17-41(25-33)53(39-13-5-3-6-14-39)43-21-19-35-29-45-49(31-37(35)27-43)55-47-23-24-48-52(51(45)47)46-30-36-20-22-44(28-38(36)32-50(46)56-48)54(40-15-7-4-8-16-40)42-18-10-12-34(2)26-42/h3-32H,1-2H3. The summed E-state index contributed by atoms with van der Waals surface area (Å²) in [5.74, 6) is 0. The molecule has 9 aromatic carbocycles. The minimum Gasteiger partial charge on any atom is -0.456 e. The number of hydrogen-bond acceptors (Lipinski definition) is 4. The molecule has 0 spiro atoms. The molecule has 0 N–H and O–H groups in total. The van der Waals surface area contributed by atoms with Gasteiger partial charge in [0.2, 0.25) is 0 Å². The predicted molar refractivity (Wildman–Crippen MR) is 235 cm³/mol. The second kappa shape index (κ2) is 12.6. The molecule has 0 amide bonds. The first-order valence-corrected chi connectivity index (χ1v) is 19.1. The third-order valence-electron chi connectivity index (χ3n) is 11.0. The summed E-state index contributed by atoms with van der Waals surface area (Å²) in [4.78, 5) is 4.62. The molecule has 0 aliphatic carbocycles. The van der Waals surface area contributed by atoms with E-state index in [9.17, 15) is 0 Å². The van der Waals surface area contributed by atoms with E-state index in [0.29, 0.717) is 0 Å². The molecule has 0 fully saturated rings. The highest BCUT2D eigenvalue weighted by Crippen LogP contribution is 2.44. The van der Waals surface area contributed by atoms with E-state index in [1.165, 1.54) is 11.1 Å². The zero-order valence-corrected chi connectivity index (χ0v) is 31.0. The summed E-state index contributed by atoms with van der Waals surface area (Å²) in [5.41, 5.74) is 12.5. The number of fused-ring (bicyclic) bond motifs is 9. The van der Waals surface area contributed by atoms with Gasteiger partial charge in [0.25, 0.3) is 0 Å². The Kier molecular flexibility index (Phi) is 7.26. The molecule has 11 rings (SSSR count). The Balaban J connectivity index is 1.05. The van der Waals surface area contributed by atoms with E-state index in [4.69, 9.17) is 8.83 Å². The van der Waals surface area contributed by atoms with Crippen molar-refractivity contribution in [2.45, 2.75) is 13.8 Å². The fraction of sp³-hybridized carbons (Fsp3) is 0.0385. The molecule has 0 atom stereocenters. The summed E-state index contributed by atoms with van der Waals surface area (Å²) in [6, 6.07) is 64.8. The fourth-order valence-electron chi connectivity index (χ4n) is 8.46. The molecule has 0 radical (unpaired) electrons. The van der Waals surface area contributed by atoms with E-state index in [2.05, 4.69) is 194 Å². The largest absolute Gasteiger partial charge is 0.456 e. The number of para-hydroxylation sites is 2. The van der Waals surface area contributed by atoms with Crippen LogP contribution in [-0.2, 0) is 0 Å². The zero-order valence-electron chi connectivity index (χ0n) is 31.0. The number of nitrogens with zero attached hydrogens (tertiary/aromatic N) is 2. The third-order valence-corrected chi connectivity index (χ3v) is 11.0. The highest BCUT2D eigenvalue weighted by atomic mass is 16.3. The third kappa shape index (κ3) is 5.30. The van der Waals surface area contributed by atoms with Crippen molar-refractivity contribution in [1.82, 2.24) is 0 Å². The molecule has 0 saturated carbocycles. The van der Waals surface area contributed by atoms with Gasteiger partial charge < -0.3 is 18.6 Å². The van der Waals surface area contributed by atoms with Gasteiger partial charge >= 0.3 is 0 Å². The van der Waals surface area contributed by atoms with Crippen molar-refractivity contribution in [1.29, 1.82) is 0 Å². The Bertz CT molecular complexity index is 3070. The Morgan fingerprint density at radius 3 is 1.14 bits per heavy atom. The number of aryl methyl sites for hydroxylation is 2. The molecule has 266 valence electrons. The van der Waals surface area contributed by atoms with Gasteiger partial charge in [-0.1, -0.05) is 72.8 Å². The molecule has 0 bridgehead atoms. The SMILES string of the molecule is Cc1cccc(N(c2ccccc2)c2ccc3cc4c(cc3c2)oc2ccc3oc5cc6cc(N(c7ccccc7)c7cccc(C)c7)ccc6cc5c3c24)c1. The van der Waals surface area contributed by atoms with Crippen LogP contribution < -0.4 is 9.80 Å². The molecule has 2 aromatic heterocycles. The van der Waals surface area contributed by atoms with Crippen molar-refractivity contribution in [2.24, 2.45) is 0 Å². The second-order valence-corrected chi connectivity index (χ2v) is 14.8. The van der Waals surface area contributed by atoms with Gasteiger partial charge in [-0.25, -0.2) is 0 Å². The van der Waals surface area contributed by atoms with Crippen LogP contribution in [-0.4, -0.2) is 0 Å². The zero-order chi connectivity index (χ0) is 37.3. The predicted octanol–water partition coefficient (Wildman–Crippen LogP) is 15.3. The van der Waals surface area contributed by atoms with Crippen LogP contribution >= 0.6 is 0 Å². The van der Waals surface area contributed by atoms with Crippen LogP contribution in [0.2, 0.25) is 0 Å². The molecule has 0 unspecified atom stereocenters. The van der Waals surface area contributed by atoms with Crippen LogP contribution in [0.15, 0.2) is 191 Å². The van der Waals surface area contributed by atoms with E-state index in [-0.39, 0.29) is 0 Å². The van der Waals surface area contributed by atoms with E-state index in [0.717, 1.165) is 99.5 Å². The number of anilines is 6. The average molecular weight is 721 g/mol. The number of benzene rings is 9. The molecule has 11 aromatic rings. The Morgan fingerprint density at radius 2 is 0.714 bits per heavy atom. The first-order chi connectivity index (χ1) is 27.5. The highest BCUT2D eigenvalue weighted by molar-refractivity contribution is 6.27. The Labute approximate surface area is 324 Å². The van der Waals surface area contributed by atoms with Gasteiger partial charge in [-0.3, -0.25) is 0 Å². The minimum absolute atomic E-state index is 0.850. The Morgan fingerprint density at radius 1 is 0.304 bits per heavy atom. The first-order valence-electron chi connectivity index (χ1n) is 19.1. The summed E-state index contributed by atoms with van der Waals surface area (Å²) >= 11 is 0. The number of hydrogen-bond donors (Lipinski definition) is 0. The van der Waals surface area contributed by atoms with E-state index < -0.39 is 0 Å². The van der Waals surface area contributed by atoms with Crippen molar-refractivity contribution in [3.63, 3.8) is 0 Å². The molecule has 0 saturated heterocycles. The molecule has 4 nitrogen and oxygen atoms in total. The van der Waals surface area contributed by atoms with E-state index in [1.54, 1.807) is 0 Å². The highest BCUT2D eigenvalue weighted by Gasteiger charge is 2.20. The summed E-state index contributed by atoms with van der Waals surface area (Å²) in [6.45, 7) is 4.27. The van der Waals surface area contributed by atoms with Crippen LogP contribution in [0.5, 0.6) is 0 Å². The van der Waals surface area contributed by atoms with Crippen molar-refractivity contribution >= 4 is 99.5 Å². The molecule has 2 heterocycles. The van der Waals surface area contributed by atoms with Crippen LogP contribution in [0.4, 0.5) is 34.1 Å². The quantitative estimate of drug-likeness (QED) is 0.171. The summed E-state index contributed by atoms with van der Waals surface area (Å²) in [6.07, 6.45) is 0. The van der Waals surface area contributed by atoms with Gasteiger partial charge in [0.05, 0.1) is 0 Å². The van der Waals surface area contributed by atoms with Crippen LogP contribution in [0.3, 0.4) is 0 Å². The first kappa shape index (κ1) is 32.2. The lowest BCUT2D eigenvalue weighted by molar-refractivity contribution is 0.663. The van der Waals surface area contributed by atoms with Gasteiger partial charge in [0.1, 0.15) is 22.3 Å². The molecular weight excluding hydrogens is 685 g/mol. The molecule has 56 heavy (non-hydrogen) atoms. The maximum Gasteiger partial charge on any atom is 0.136 e. The van der Waals surface area contributed by atoms with E-state index >= 15 is 0 Å². The number of rotatable bonds is 6.